The van der Waals surface area contributed by atoms with Crippen LogP contribution in [-0.4, -0.2) is 51.6 Å². The number of nitrogens with zero attached hydrogens (tertiary/aromatic N) is 2. The first-order chi connectivity index (χ1) is 13.1. The van der Waals surface area contributed by atoms with Gasteiger partial charge < -0.3 is 9.64 Å². The van der Waals surface area contributed by atoms with Gasteiger partial charge in [0.1, 0.15) is 9.57 Å². The monoisotopic (exact) mass is 432 g/mol. The van der Waals surface area contributed by atoms with Crippen molar-refractivity contribution < 1.29 is 27.5 Å². The number of alkyl halides is 3. The van der Waals surface area contributed by atoms with E-state index in [1.54, 1.807) is 0 Å². The molecular formula is C18H19F3N2O3S2. The molecule has 10 heteroatoms. The molecule has 2 saturated heterocycles. The van der Waals surface area contributed by atoms with E-state index in [1.165, 1.54) is 12.1 Å². The summed E-state index contributed by atoms with van der Waals surface area (Å²) >= 11 is 6.54. The van der Waals surface area contributed by atoms with E-state index >= 15 is 0 Å². The predicted octanol–water partition coefficient (Wildman–Crippen LogP) is 3.46. The van der Waals surface area contributed by atoms with E-state index in [9.17, 15) is 22.8 Å². The van der Waals surface area contributed by atoms with Crippen LogP contribution >= 0.6 is 24.0 Å². The molecule has 152 valence electrons. The van der Waals surface area contributed by atoms with Crippen molar-refractivity contribution in [2.75, 3.05) is 18.0 Å². The van der Waals surface area contributed by atoms with Gasteiger partial charge in [0.05, 0.1) is 23.5 Å². The van der Waals surface area contributed by atoms with Gasteiger partial charge in [0.2, 0.25) is 11.8 Å². The lowest BCUT2D eigenvalue weighted by Crippen LogP contribution is -2.47. The van der Waals surface area contributed by atoms with Crippen LogP contribution in [0.2, 0.25) is 0 Å². The molecule has 2 heterocycles. The molecule has 2 aliphatic rings. The summed E-state index contributed by atoms with van der Waals surface area (Å²) in [5, 5.41) is -0.747. The highest BCUT2D eigenvalue weighted by Gasteiger charge is 2.42. The van der Waals surface area contributed by atoms with E-state index in [-0.39, 0.29) is 24.3 Å². The molecule has 0 spiro atoms. The maximum absolute atomic E-state index is 12.9. The quantitative estimate of drug-likeness (QED) is 0.527. The fourth-order valence-electron chi connectivity index (χ4n) is 3.31. The fourth-order valence-corrected chi connectivity index (χ4v) is 4.78. The summed E-state index contributed by atoms with van der Waals surface area (Å²) in [6.07, 6.45) is -4.68. The molecule has 1 aromatic carbocycles. The number of ether oxygens (including phenoxy) is 1. The van der Waals surface area contributed by atoms with Gasteiger partial charge in [0.25, 0.3) is 0 Å². The largest absolute Gasteiger partial charge is 0.416 e. The summed E-state index contributed by atoms with van der Waals surface area (Å²) in [6.45, 7) is 5.02. The molecular weight excluding hydrogens is 413 g/mol. The number of hydrogen-bond donors (Lipinski definition) is 0. The van der Waals surface area contributed by atoms with Crippen molar-refractivity contribution in [3.05, 3.63) is 29.8 Å². The second-order valence-electron chi connectivity index (χ2n) is 6.85. The topological polar surface area (TPSA) is 49.9 Å². The van der Waals surface area contributed by atoms with Crippen molar-refractivity contribution >= 4 is 45.8 Å². The third kappa shape index (κ3) is 4.49. The maximum Gasteiger partial charge on any atom is 0.416 e. The van der Waals surface area contributed by atoms with Gasteiger partial charge >= 0.3 is 6.18 Å². The lowest BCUT2D eigenvalue weighted by molar-refractivity contribution is -0.137. The molecule has 0 saturated carbocycles. The number of anilines is 1. The van der Waals surface area contributed by atoms with Gasteiger partial charge in [0.15, 0.2) is 0 Å². The number of halogens is 3. The second-order valence-corrected chi connectivity index (χ2v) is 8.69. The first kappa shape index (κ1) is 21.1. The number of morpholine rings is 1. The van der Waals surface area contributed by atoms with Crippen molar-refractivity contribution in [2.24, 2.45) is 0 Å². The van der Waals surface area contributed by atoms with Gasteiger partial charge in [-0.25, -0.2) is 4.90 Å². The van der Waals surface area contributed by atoms with E-state index in [1.807, 2.05) is 18.7 Å². The van der Waals surface area contributed by atoms with Gasteiger partial charge in [-0.05, 0) is 32.0 Å². The number of thioether (sulfide) groups is 1. The van der Waals surface area contributed by atoms with Crippen molar-refractivity contribution in [1.29, 1.82) is 0 Å². The standard InChI is InChI=1S/C18H19F3N2O3S2/c1-10-8-22(9-11(2)26-10)17(27)28-14-7-15(24)23(16(14)25)13-5-3-4-12(6-13)18(19,20)21/h3-6,10-11,14H,7-9H2,1-2H3/t10-,11+,14-/m1/s1. The summed E-state index contributed by atoms with van der Waals surface area (Å²) < 4.78 is 45.0. The Balaban J connectivity index is 1.73. The van der Waals surface area contributed by atoms with E-state index in [2.05, 4.69) is 0 Å². The van der Waals surface area contributed by atoms with Crippen LogP contribution in [-0.2, 0) is 20.5 Å². The van der Waals surface area contributed by atoms with Gasteiger partial charge in [-0.2, -0.15) is 13.2 Å². The Labute approximate surface area is 170 Å². The van der Waals surface area contributed by atoms with Crippen LogP contribution in [0.5, 0.6) is 0 Å². The van der Waals surface area contributed by atoms with Crippen LogP contribution in [0.3, 0.4) is 0 Å². The molecule has 28 heavy (non-hydrogen) atoms. The molecule has 3 atom stereocenters. The molecule has 2 fully saturated rings. The molecule has 3 rings (SSSR count). The van der Waals surface area contributed by atoms with Crippen molar-refractivity contribution in [2.45, 2.75) is 43.9 Å². The van der Waals surface area contributed by atoms with Crippen molar-refractivity contribution in [3.8, 4) is 0 Å². The number of benzene rings is 1. The average molecular weight is 432 g/mol. The molecule has 5 nitrogen and oxygen atoms in total. The third-order valence-corrected chi connectivity index (χ3v) is 6.12. The fraction of sp³-hybridized carbons (Fsp3) is 0.500. The van der Waals surface area contributed by atoms with Crippen LogP contribution in [0.25, 0.3) is 0 Å². The van der Waals surface area contributed by atoms with Gasteiger partial charge in [-0.3, -0.25) is 9.59 Å². The van der Waals surface area contributed by atoms with Gasteiger partial charge in [0, 0.05) is 19.5 Å². The Morgan fingerprint density at radius 1 is 1.21 bits per heavy atom. The molecule has 0 N–H and O–H groups in total. The van der Waals surface area contributed by atoms with Crippen LogP contribution in [0.1, 0.15) is 25.8 Å². The summed E-state index contributed by atoms with van der Waals surface area (Å²) in [7, 11) is 0. The number of carbonyl (C=O) groups excluding carboxylic acids is 2. The number of hydrogen-bond acceptors (Lipinski definition) is 5. The summed E-state index contributed by atoms with van der Waals surface area (Å²) in [5.41, 5.74) is -0.985. The summed E-state index contributed by atoms with van der Waals surface area (Å²) in [4.78, 5) is 27.8. The minimum atomic E-state index is -4.55. The van der Waals surface area contributed by atoms with E-state index in [0.29, 0.717) is 17.4 Å². The SMILES string of the molecule is C[C@@H]1CN(C(=S)S[C@@H]2CC(=O)N(c3cccc(C(F)(F)F)c3)C2=O)C[C@H](C)O1. The van der Waals surface area contributed by atoms with E-state index in [0.717, 1.165) is 28.8 Å². The van der Waals surface area contributed by atoms with Crippen LogP contribution in [0.15, 0.2) is 24.3 Å². The molecule has 0 unspecified atom stereocenters. The molecule has 0 radical (unpaired) electrons. The highest BCUT2D eigenvalue weighted by atomic mass is 32.2. The van der Waals surface area contributed by atoms with E-state index in [4.69, 9.17) is 17.0 Å². The van der Waals surface area contributed by atoms with Crippen molar-refractivity contribution in [1.82, 2.24) is 4.90 Å². The minimum Gasteiger partial charge on any atom is -0.372 e. The van der Waals surface area contributed by atoms with Gasteiger partial charge in [-0.1, -0.05) is 30.0 Å². The molecule has 1 aromatic rings. The summed E-state index contributed by atoms with van der Waals surface area (Å²) in [5.74, 6) is -1.08. The molecule has 0 aromatic heterocycles. The minimum absolute atomic E-state index is 0.00943. The zero-order chi connectivity index (χ0) is 20.6. The number of amides is 2. The number of imide groups is 1. The zero-order valence-corrected chi connectivity index (χ0v) is 16.9. The first-order valence-electron chi connectivity index (χ1n) is 8.71. The number of rotatable bonds is 2. The lowest BCUT2D eigenvalue weighted by Gasteiger charge is -2.36. The highest BCUT2D eigenvalue weighted by molar-refractivity contribution is 8.23. The molecule has 0 aliphatic carbocycles. The molecule has 2 amide bonds. The van der Waals surface area contributed by atoms with Crippen molar-refractivity contribution in [3.63, 3.8) is 0 Å². The Hall–Kier alpha value is -1.65. The Bertz CT molecular complexity index is 793. The highest BCUT2D eigenvalue weighted by Crippen LogP contribution is 2.35. The first-order valence-corrected chi connectivity index (χ1v) is 10.00. The van der Waals surface area contributed by atoms with Crippen LogP contribution in [0.4, 0.5) is 18.9 Å². The average Bonchev–Trinajstić information content (AvgIpc) is 2.87. The molecule has 0 bridgehead atoms. The maximum atomic E-state index is 12.9. The zero-order valence-electron chi connectivity index (χ0n) is 15.2. The van der Waals surface area contributed by atoms with Crippen LogP contribution < -0.4 is 4.90 Å². The Kier molecular flexibility index (Phi) is 6.02. The lowest BCUT2D eigenvalue weighted by atomic mass is 10.2. The smallest absolute Gasteiger partial charge is 0.372 e. The third-order valence-electron chi connectivity index (χ3n) is 4.46. The Morgan fingerprint density at radius 2 is 1.86 bits per heavy atom. The summed E-state index contributed by atoms with van der Waals surface area (Å²) in [6, 6.07) is 4.21. The Morgan fingerprint density at radius 3 is 2.46 bits per heavy atom. The van der Waals surface area contributed by atoms with E-state index < -0.39 is 28.8 Å². The predicted molar refractivity (Wildman–Crippen MR) is 104 cm³/mol. The molecule has 2 aliphatic heterocycles. The number of carbonyl (C=O) groups is 2. The van der Waals surface area contributed by atoms with Gasteiger partial charge in [-0.15, -0.1) is 0 Å². The number of thiocarbonyl (C=S) groups is 1. The second kappa shape index (κ2) is 8.00. The van der Waals surface area contributed by atoms with Crippen LogP contribution in [0, 0.1) is 0 Å². The normalized spacial score (nSPS) is 26.1.